The maximum Gasteiger partial charge on any atom is 0.122 e. The molecule has 2 unspecified atom stereocenters. The number of aryl methyl sites for hydroxylation is 1. The fourth-order valence-electron chi connectivity index (χ4n) is 2.97. The predicted molar refractivity (Wildman–Crippen MR) is 82.0 cm³/mol. The number of nitrogens with zero attached hydrogens (tertiary/aromatic N) is 1. The summed E-state index contributed by atoms with van der Waals surface area (Å²) in [7, 11) is 3.93. The van der Waals surface area contributed by atoms with Gasteiger partial charge in [-0.1, -0.05) is 0 Å². The van der Waals surface area contributed by atoms with Crippen molar-refractivity contribution in [3.05, 3.63) is 23.3 Å². The Balaban J connectivity index is 2.38. The first-order valence-electron chi connectivity index (χ1n) is 6.73. The minimum Gasteiger partial charge on any atom is -0.496 e. The van der Waals surface area contributed by atoms with Crippen molar-refractivity contribution in [1.82, 2.24) is 4.90 Å². The molecule has 19 heavy (non-hydrogen) atoms. The molecule has 1 aliphatic rings. The van der Waals surface area contributed by atoms with Crippen LogP contribution in [0.1, 0.15) is 23.6 Å². The highest BCUT2D eigenvalue weighted by Gasteiger charge is 2.31. The van der Waals surface area contributed by atoms with Gasteiger partial charge in [0.1, 0.15) is 5.75 Å². The normalized spacial score (nSPS) is 23.8. The maximum absolute atomic E-state index is 5.83. The molecule has 1 aliphatic heterocycles. The predicted octanol–water partition coefficient (Wildman–Crippen LogP) is 2.68. The van der Waals surface area contributed by atoms with Crippen LogP contribution in [-0.4, -0.2) is 38.4 Å². The van der Waals surface area contributed by atoms with Crippen LogP contribution in [0.4, 0.5) is 0 Å². The third-order valence-electron chi connectivity index (χ3n) is 4.07. The second kappa shape index (κ2) is 6.16. The van der Waals surface area contributed by atoms with E-state index in [1.54, 1.807) is 7.11 Å². The van der Waals surface area contributed by atoms with E-state index < -0.39 is 0 Å². The lowest BCUT2D eigenvalue weighted by atomic mass is 9.98. The molecule has 1 saturated heterocycles. The molecule has 0 radical (unpaired) electrons. The Labute approximate surface area is 120 Å². The zero-order chi connectivity index (χ0) is 14.0. The van der Waals surface area contributed by atoms with Gasteiger partial charge in [0.15, 0.2) is 0 Å². The Morgan fingerprint density at radius 1 is 1.47 bits per heavy atom. The lowest BCUT2D eigenvalue weighted by Gasteiger charge is -2.23. The molecule has 2 N–H and O–H groups in total. The number of thioether (sulfide) groups is 1. The van der Waals surface area contributed by atoms with Crippen molar-refractivity contribution in [2.24, 2.45) is 11.7 Å². The highest BCUT2D eigenvalue weighted by molar-refractivity contribution is 7.98. The van der Waals surface area contributed by atoms with E-state index in [1.807, 2.05) is 11.8 Å². The van der Waals surface area contributed by atoms with Crippen LogP contribution in [0.15, 0.2) is 17.0 Å². The van der Waals surface area contributed by atoms with E-state index in [4.69, 9.17) is 10.5 Å². The molecule has 1 heterocycles. The van der Waals surface area contributed by atoms with Crippen LogP contribution in [0.5, 0.6) is 5.75 Å². The van der Waals surface area contributed by atoms with Gasteiger partial charge in [-0.2, -0.15) is 0 Å². The average molecular weight is 280 g/mol. The monoisotopic (exact) mass is 280 g/mol. The molecular formula is C15H24N2OS. The van der Waals surface area contributed by atoms with Crippen molar-refractivity contribution in [2.75, 3.05) is 33.5 Å². The quantitative estimate of drug-likeness (QED) is 0.861. The molecule has 0 aliphatic carbocycles. The Kier molecular flexibility index (Phi) is 4.76. The summed E-state index contributed by atoms with van der Waals surface area (Å²) in [5, 5.41) is 0. The minimum absolute atomic E-state index is 0.463. The van der Waals surface area contributed by atoms with Gasteiger partial charge < -0.3 is 10.5 Å². The van der Waals surface area contributed by atoms with Crippen LogP contribution in [0.2, 0.25) is 0 Å². The highest BCUT2D eigenvalue weighted by atomic mass is 32.2. The standard InChI is InChI=1S/C15H24N2OS/c1-10-5-15(19-4)12(7-14(10)18-3)13-6-11(8-16)9-17(13)2/h5,7,11,13H,6,8-9,16H2,1-4H3. The molecule has 0 spiro atoms. The number of hydrogen-bond donors (Lipinski definition) is 1. The summed E-state index contributed by atoms with van der Waals surface area (Å²) in [5.74, 6) is 1.59. The van der Waals surface area contributed by atoms with E-state index in [0.29, 0.717) is 12.0 Å². The first-order valence-corrected chi connectivity index (χ1v) is 7.96. The minimum atomic E-state index is 0.463. The molecule has 3 nitrogen and oxygen atoms in total. The first kappa shape index (κ1) is 14.7. The van der Waals surface area contributed by atoms with Crippen LogP contribution < -0.4 is 10.5 Å². The van der Waals surface area contributed by atoms with Gasteiger partial charge in [-0.25, -0.2) is 0 Å². The van der Waals surface area contributed by atoms with Gasteiger partial charge in [0.25, 0.3) is 0 Å². The van der Waals surface area contributed by atoms with Crippen LogP contribution >= 0.6 is 11.8 Å². The van der Waals surface area contributed by atoms with Crippen LogP contribution in [0, 0.1) is 12.8 Å². The lowest BCUT2D eigenvalue weighted by molar-refractivity contribution is 0.309. The molecule has 0 bridgehead atoms. The van der Waals surface area contributed by atoms with Crippen molar-refractivity contribution in [3.8, 4) is 5.75 Å². The van der Waals surface area contributed by atoms with E-state index in [-0.39, 0.29) is 0 Å². The van der Waals surface area contributed by atoms with E-state index in [9.17, 15) is 0 Å². The van der Waals surface area contributed by atoms with E-state index >= 15 is 0 Å². The summed E-state index contributed by atoms with van der Waals surface area (Å²) < 4.78 is 5.48. The fourth-order valence-corrected chi connectivity index (χ4v) is 3.70. The summed E-state index contributed by atoms with van der Waals surface area (Å²) in [6.45, 7) is 3.97. The van der Waals surface area contributed by atoms with Gasteiger partial charge in [-0.05, 0) is 62.4 Å². The summed E-state index contributed by atoms with van der Waals surface area (Å²) >= 11 is 1.81. The van der Waals surface area contributed by atoms with Crippen LogP contribution in [-0.2, 0) is 0 Å². The zero-order valence-corrected chi connectivity index (χ0v) is 13.1. The molecule has 1 fully saturated rings. The number of likely N-dealkylation sites (tertiary alicyclic amines) is 1. The third kappa shape index (κ3) is 2.91. The van der Waals surface area contributed by atoms with Gasteiger partial charge in [0.2, 0.25) is 0 Å². The maximum atomic E-state index is 5.83. The van der Waals surface area contributed by atoms with Gasteiger partial charge >= 0.3 is 0 Å². The second-order valence-corrected chi connectivity index (χ2v) is 6.20. The van der Waals surface area contributed by atoms with Crippen molar-refractivity contribution in [2.45, 2.75) is 24.3 Å². The molecule has 0 amide bonds. The molecule has 106 valence electrons. The topological polar surface area (TPSA) is 38.5 Å². The van der Waals surface area contributed by atoms with E-state index in [2.05, 4.69) is 37.3 Å². The Hall–Kier alpha value is -0.710. The van der Waals surface area contributed by atoms with Crippen molar-refractivity contribution in [1.29, 1.82) is 0 Å². The first-order chi connectivity index (χ1) is 9.10. The summed E-state index contributed by atoms with van der Waals surface area (Å²) in [5.41, 5.74) is 8.41. The highest BCUT2D eigenvalue weighted by Crippen LogP contribution is 2.40. The van der Waals surface area contributed by atoms with Crippen molar-refractivity contribution >= 4 is 11.8 Å². The molecule has 2 atom stereocenters. The van der Waals surface area contributed by atoms with Gasteiger partial charge in [-0.3, -0.25) is 4.90 Å². The Morgan fingerprint density at radius 2 is 2.21 bits per heavy atom. The lowest BCUT2D eigenvalue weighted by Crippen LogP contribution is -2.21. The molecule has 0 aromatic heterocycles. The summed E-state index contributed by atoms with van der Waals surface area (Å²) in [4.78, 5) is 3.77. The Morgan fingerprint density at radius 3 is 2.74 bits per heavy atom. The Bertz CT molecular complexity index is 450. The van der Waals surface area contributed by atoms with Gasteiger partial charge in [0, 0.05) is 17.5 Å². The van der Waals surface area contributed by atoms with E-state index in [0.717, 1.165) is 25.3 Å². The van der Waals surface area contributed by atoms with Crippen LogP contribution in [0.3, 0.4) is 0 Å². The molecule has 4 heteroatoms. The largest absolute Gasteiger partial charge is 0.496 e. The molecule has 2 rings (SSSR count). The number of hydrogen-bond acceptors (Lipinski definition) is 4. The number of ether oxygens (including phenoxy) is 1. The smallest absolute Gasteiger partial charge is 0.122 e. The summed E-state index contributed by atoms with van der Waals surface area (Å²) in [6.07, 6.45) is 3.28. The fraction of sp³-hybridized carbons (Fsp3) is 0.600. The SMILES string of the molecule is COc1cc(C2CC(CN)CN2C)c(SC)cc1C. The molecule has 1 aromatic carbocycles. The van der Waals surface area contributed by atoms with Gasteiger partial charge in [0.05, 0.1) is 7.11 Å². The second-order valence-electron chi connectivity index (χ2n) is 5.36. The number of methoxy groups -OCH3 is 1. The van der Waals surface area contributed by atoms with Crippen LogP contribution in [0.25, 0.3) is 0 Å². The third-order valence-corrected chi connectivity index (χ3v) is 4.87. The molecule has 1 aromatic rings. The number of nitrogens with two attached hydrogens (primary N) is 1. The average Bonchev–Trinajstić information content (AvgIpc) is 2.79. The molecular weight excluding hydrogens is 256 g/mol. The summed E-state index contributed by atoms with van der Waals surface area (Å²) in [6, 6.07) is 4.91. The van der Waals surface area contributed by atoms with Crippen molar-refractivity contribution in [3.63, 3.8) is 0 Å². The van der Waals surface area contributed by atoms with Crippen molar-refractivity contribution < 1.29 is 4.74 Å². The van der Waals surface area contributed by atoms with Gasteiger partial charge in [-0.15, -0.1) is 11.8 Å². The van der Waals surface area contributed by atoms with E-state index in [1.165, 1.54) is 16.0 Å². The number of benzene rings is 1. The number of rotatable bonds is 4. The molecule has 0 saturated carbocycles. The zero-order valence-electron chi connectivity index (χ0n) is 12.3.